The predicted octanol–water partition coefficient (Wildman–Crippen LogP) is 5.07. The van der Waals surface area contributed by atoms with Gasteiger partial charge in [0.2, 0.25) is 0 Å². The van der Waals surface area contributed by atoms with Crippen LogP contribution < -0.4 is 14.8 Å². The number of nitrogens with one attached hydrogen (secondary N) is 1. The zero-order chi connectivity index (χ0) is 17.0. The number of methoxy groups -OCH3 is 1. The van der Waals surface area contributed by atoms with E-state index in [1.54, 1.807) is 18.2 Å². The minimum Gasteiger partial charge on any atom is -0.493 e. The van der Waals surface area contributed by atoms with Gasteiger partial charge >= 0.3 is 6.61 Å². The number of alkyl halides is 2. The molecule has 0 atom stereocenters. The highest BCUT2D eigenvalue weighted by molar-refractivity contribution is 9.11. The van der Waals surface area contributed by atoms with Gasteiger partial charge in [-0.3, -0.25) is 4.79 Å². The van der Waals surface area contributed by atoms with E-state index in [0.29, 0.717) is 10.2 Å². The summed E-state index contributed by atoms with van der Waals surface area (Å²) in [6, 6.07) is 9.48. The first-order chi connectivity index (χ1) is 10.9. The summed E-state index contributed by atoms with van der Waals surface area (Å²) in [5.41, 5.74) is 0.434. The fourth-order valence-corrected chi connectivity index (χ4v) is 2.99. The molecule has 2 rings (SSSR count). The topological polar surface area (TPSA) is 47.6 Å². The lowest BCUT2D eigenvalue weighted by atomic mass is 10.1. The lowest BCUT2D eigenvalue weighted by Crippen LogP contribution is -2.16. The van der Waals surface area contributed by atoms with Gasteiger partial charge in [-0.05, 0) is 46.3 Å². The quantitative estimate of drug-likeness (QED) is 0.691. The van der Waals surface area contributed by atoms with E-state index in [9.17, 15) is 13.6 Å². The third kappa shape index (κ3) is 4.42. The monoisotopic (exact) mass is 449 g/mol. The molecule has 0 aliphatic heterocycles. The molecule has 0 aliphatic rings. The number of halogens is 4. The Kier molecular flexibility index (Phi) is 5.95. The third-order valence-electron chi connectivity index (χ3n) is 2.83. The van der Waals surface area contributed by atoms with Crippen LogP contribution in [0, 0.1) is 0 Å². The fraction of sp³-hybridized carbons (Fsp3) is 0.133. The van der Waals surface area contributed by atoms with Gasteiger partial charge in [0.15, 0.2) is 11.5 Å². The van der Waals surface area contributed by atoms with Crippen LogP contribution in [0.15, 0.2) is 45.3 Å². The zero-order valence-corrected chi connectivity index (χ0v) is 15.0. The van der Waals surface area contributed by atoms with E-state index < -0.39 is 12.5 Å². The molecule has 2 aromatic rings. The van der Waals surface area contributed by atoms with Crippen LogP contribution in [-0.2, 0) is 0 Å². The Morgan fingerprint density at radius 3 is 2.57 bits per heavy atom. The summed E-state index contributed by atoms with van der Waals surface area (Å²) < 4.78 is 36.1. The van der Waals surface area contributed by atoms with Crippen molar-refractivity contribution in [3.05, 3.63) is 50.9 Å². The van der Waals surface area contributed by atoms with Crippen molar-refractivity contribution in [2.45, 2.75) is 6.61 Å². The van der Waals surface area contributed by atoms with Crippen molar-refractivity contribution in [2.24, 2.45) is 0 Å². The average Bonchev–Trinajstić information content (AvgIpc) is 2.49. The number of hydrogen-bond donors (Lipinski definition) is 1. The van der Waals surface area contributed by atoms with Crippen LogP contribution in [0.25, 0.3) is 0 Å². The van der Waals surface area contributed by atoms with Gasteiger partial charge < -0.3 is 14.8 Å². The van der Waals surface area contributed by atoms with E-state index >= 15 is 0 Å². The molecule has 1 amide bonds. The van der Waals surface area contributed by atoms with Crippen LogP contribution in [-0.4, -0.2) is 19.6 Å². The zero-order valence-electron chi connectivity index (χ0n) is 11.8. The van der Waals surface area contributed by atoms with Crippen molar-refractivity contribution in [1.82, 2.24) is 0 Å². The van der Waals surface area contributed by atoms with E-state index in [4.69, 9.17) is 4.74 Å². The minimum atomic E-state index is -3.07. The molecule has 0 unspecified atom stereocenters. The number of anilines is 1. The summed E-state index contributed by atoms with van der Waals surface area (Å²) >= 11 is 6.62. The van der Waals surface area contributed by atoms with Gasteiger partial charge in [-0.1, -0.05) is 22.0 Å². The summed E-state index contributed by atoms with van der Waals surface area (Å²) in [7, 11) is 1.31. The molecular weight excluding hydrogens is 440 g/mol. The molecule has 122 valence electrons. The Bertz CT molecular complexity index is 726. The molecule has 2 aromatic carbocycles. The largest absolute Gasteiger partial charge is 0.493 e. The molecule has 0 spiro atoms. The molecule has 0 saturated carbocycles. The number of hydrogen-bond acceptors (Lipinski definition) is 3. The van der Waals surface area contributed by atoms with Crippen molar-refractivity contribution >= 4 is 43.5 Å². The molecule has 0 aliphatic carbocycles. The second-order valence-electron chi connectivity index (χ2n) is 4.29. The van der Waals surface area contributed by atoms with Gasteiger partial charge in [0.05, 0.1) is 18.4 Å². The maximum Gasteiger partial charge on any atom is 0.387 e. The first-order valence-corrected chi connectivity index (χ1v) is 7.89. The van der Waals surface area contributed by atoms with Gasteiger partial charge in [0, 0.05) is 8.95 Å². The summed E-state index contributed by atoms with van der Waals surface area (Å²) in [6.07, 6.45) is 0. The van der Waals surface area contributed by atoms with E-state index in [1.807, 2.05) is 0 Å². The molecule has 1 N–H and O–H groups in total. The Balaban J connectivity index is 2.35. The highest BCUT2D eigenvalue weighted by atomic mass is 79.9. The minimum absolute atomic E-state index is 0.0489. The van der Waals surface area contributed by atoms with Crippen LogP contribution >= 0.6 is 31.9 Å². The van der Waals surface area contributed by atoms with Crippen LogP contribution in [0.1, 0.15) is 10.4 Å². The fourth-order valence-electron chi connectivity index (χ4n) is 1.85. The molecule has 4 nitrogen and oxygen atoms in total. The number of benzene rings is 2. The van der Waals surface area contributed by atoms with Crippen LogP contribution in [0.2, 0.25) is 0 Å². The second-order valence-corrected chi connectivity index (χ2v) is 6.06. The highest BCUT2D eigenvalue weighted by Gasteiger charge is 2.20. The normalized spacial score (nSPS) is 10.5. The number of carbonyl (C=O) groups is 1. The molecular formula is C15H11Br2F2NO3. The van der Waals surface area contributed by atoms with Crippen molar-refractivity contribution in [1.29, 1.82) is 0 Å². The number of rotatable bonds is 5. The smallest absolute Gasteiger partial charge is 0.387 e. The maximum absolute atomic E-state index is 12.6. The summed E-state index contributed by atoms with van der Waals surface area (Å²) in [5.74, 6) is -0.855. The van der Waals surface area contributed by atoms with E-state index in [0.717, 1.165) is 4.47 Å². The van der Waals surface area contributed by atoms with Crippen molar-refractivity contribution in [3.63, 3.8) is 0 Å². The van der Waals surface area contributed by atoms with Gasteiger partial charge in [0.25, 0.3) is 5.91 Å². The maximum atomic E-state index is 12.6. The van der Waals surface area contributed by atoms with Crippen LogP contribution in [0.3, 0.4) is 0 Å². The van der Waals surface area contributed by atoms with E-state index in [2.05, 4.69) is 41.9 Å². The highest BCUT2D eigenvalue weighted by Crippen LogP contribution is 2.34. The second kappa shape index (κ2) is 7.74. The summed E-state index contributed by atoms with van der Waals surface area (Å²) in [4.78, 5) is 12.4. The van der Waals surface area contributed by atoms with Gasteiger partial charge in [-0.2, -0.15) is 8.78 Å². The number of carbonyl (C=O) groups excluding carboxylic acids is 1. The van der Waals surface area contributed by atoms with Crippen LogP contribution in [0.5, 0.6) is 11.5 Å². The Labute approximate surface area is 148 Å². The molecule has 0 saturated heterocycles. The van der Waals surface area contributed by atoms with Crippen molar-refractivity contribution in [2.75, 3.05) is 12.4 Å². The van der Waals surface area contributed by atoms with Gasteiger partial charge in [-0.15, -0.1) is 0 Å². The standard InChI is InChI=1S/C15H11Br2F2NO3/c1-22-12-4-2-3-9(13(12)23-15(18)19)14(21)20-11-6-5-8(16)7-10(11)17/h2-7,15H,1H3,(H,20,21). The molecule has 23 heavy (non-hydrogen) atoms. The first kappa shape index (κ1) is 17.7. The Morgan fingerprint density at radius 2 is 1.96 bits per heavy atom. The molecule has 0 aromatic heterocycles. The Hall–Kier alpha value is -1.67. The van der Waals surface area contributed by atoms with E-state index in [1.165, 1.54) is 25.3 Å². The van der Waals surface area contributed by atoms with Gasteiger partial charge in [0.1, 0.15) is 0 Å². The SMILES string of the molecule is COc1cccc(C(=O)Nc2ccc(Br)cc2Br)c1OC(F)F. The summed E-state index contributed by atoms with van der Waals surface area (Å²) in [6.45, 7) is -3.07. The number of para-hydroxylation sites is 1. The average molecular weight is 451 g/mol. The predicted molar refractivity (Wildman–Crippen MR) is 89.4 cm³/mol. The first-order valence-electron chi connectivity index (χ1n) is 6.30. The molecule has 0 bridgehead atoms. The molecule has 8 heteroatoms. The van der Waals surface area contributed by atoms with Crippen LogP contribution in [0.4, 0.5) is 14.5 Å². The Morgan fingerprint density at radius 1 is 1.22 bits per heavy atom. The number of amides is 1. The molecule has 0 heterocycles. The summed E-state index contributed by atoms with van der Waals surface area (Å²) in [5, 5.41) is 2.63. The third-order valence-corrected chi connectivity index (χ3v) is 3.98. The molecule has 0 fully saturated rings. The van der Waals surface area contributed by atoms with Crippen molar-refractivity contribution in [3.8, 4) is 11.5 Å². The number of ether oxygens (including phenoxy) is 2. The molecule has 0 radical (unpaired) electrons. The van der Waals surface area contributed by atoms with Gasteiger partial charge in [-0.25, -0.2) is 0 Å². The lowest BCUT2D eigenvalue weighted by molar-refractivity contribution is -0.0515. The lowest BCUT2D eigenvalue weighted by Gasteiger charge is -2.14. The van der Waals surface area contributed by atoms with Crippen molar-refractivity contribution < 1.29 is 23.0 Å². The van der Waals surface area contributed by atoms with E-state index in [-0.39, 0.29) is 17.1 Å².